The zero-order valence-electron chi connectivity index (χ0n) is 13.4. The van der Waals surface area contributed by atoms with Crippen LogP contribution in [0.15, 0.2) is 60.0 Å². The number of benzene rings is 2. The number of anilines is 1. The maximum Gasteiger partial charge on any atom is 0.298 e. The molecule has 3 rings (SSSR count). The van der Waals surface area contributed by atoms with E-state index in [1.165, 1.54) is 4.90 Å². The van der Waals surface area contributed by atoms with Gasteiger partial charge in [0, 0.05) is 0 Å². The molecule has 0 aromatic heterocycles. The molecule has 0 aliphatic carbocycles. The Bertz CT molecular complexity index is 889. The topological polar surface area (TPSA) is 46.6 Å². The molecule has 0 unspecified atom stereocenters. The van der Waals surface area contributed by atoms with Crippen LogP contribution in [0.4, 0.5) is 10.5 Å². The molecule has 2 aromatic rings. The molecular weight excluding hydrogens is 576 g/mol. The minimum atomic E-state index is -0.303. The SMILES string of the molecule is C=CCOc1c(I)cc(/C=C2\SC(=O)N(c3ccccc3)C2=O)cc1I. The van der Waals surface area contributed by atoms with Crippen LogP contribution in [0, 0.1) is 7.14 Å². The van der Waals surface area contributed by atoms with Crippen molar-refractivity contribution in [3.63, 3.8) is 0 Å². The minimum absolute atomic E-state index is 0.289. The van der Waals surface area contributed by atoms with Crippen molar-refractivity contribution < 1.29 is 14.3 Å². The number of amides is 2. The van der Waals surface area contributed by atoms with Crippen LogP contribution in [-0.2, 0) is 4.79 Å². The van der Waals surface area contributed by atoms with Crippen LogP contribution in [0.1, 0.15) is 5.56 Å². The van der Waals surface area contributed by atoms with Gasteiger partial charge < -0.3 is 4.74 Å². The Morgan fingerprint density at radius 2 is 1.77 bits per heavy atom. The van der Waals surface area contributed by atoms with E-state index < -0.39 is 0 Å². The summed E-state index contributed by atoms with van der Waals surface area (Å²) >= 11 is 5.35. The Kier molecular flexibility index (Phi) is 6.41. The van der Waals surface area contributed by atoms with E-state index in [1.807, 2.05) is 18.2 Å². The average Bonchev–Trinajstić information content (AvgIpc) is 2.88. The van der Waals surface area contributed by atoms with Gasteiger partial charge in [-0.1, -0.05) is 30.9 Å². The Labute approximate surface area is 183 Å². The molecule has 1 aliphatic heterocycles. The molecule has 0 spiro atoms. The van der Waals surface area contributed by atoms with E-state index in [2.05, 4.69) is 51.8 Å². The van der Waals surface area contributed by atoms with Crippen molar-refractivity contribution in [2.24, 2.45) is 0 Å². The van der Waals surface area contributed by atoms with Gasteiger partial charge in [-0.25, -0.2) is 4.90 Å². The summed E-state index contributed by atoms with van der Waals surface area (Å²) in [6.45, 7) is 4.08. The van der Waals surface area contributed by atoms with Gasteiger partial charge in [0.25, 0.3) is 11.1 Å². The highest BCUT2D eigenvalue weighted by Gasteiger charge is 2.36. The Hall–Kier alpha value is -1.33. The third-order valence-electron chi connectivity index (χ3n) is 3.47. The lowest BCUT2D eigenvalue weighted by Crippen LogP contribution is -2.27. The highest BCUT2D eigenvalue weighted by molar-refractivity contribution is 14.1. The quantitative estimate of drug-likeness (QED) is 0.255. The number of rotatable bonds is 5. The Balaban J connectivity index is 1.90. The molecule has 0 N–H and O–H groups in total. The molecule has 132 valence electrons. The summed E-state index contributed by atoms with van der Waals surface area (Å²) in [7, 11) is 0. The van der Waals surface area contributed by atoms with Gasteiger partial charge in [-0.15, -0.1) is 0 Å². The van der Waals surface area contributed by atoms with Crippen molar-refractivity contribution in [2.75, 3.05) is 11.5 Å². The van der Waals surface area contributed by atoms with Crippen molar-refractivity contribution in [2.45, 2.75) is 0 Å². The molecule has 7 heteroatoms. The second-order valence-electron chi connectivity index (χ2n) is 5.27. The number of nitrogens with zero attached hydrogens (tertiary/aromatic N) is 1. The second-order valence-corrected chi connectivity index (χ2v) is 8.58. The largest absolute Gasteiger partial charge is 0.487 e. The first-order valence-corrected chi connectivity index (χ1v) is 10.5. The Morgan fingerprint density at radius 3 is 2.38 bits per heavy atom. The number of imide groups is 1. The highest BCUT2D eigenvalue weighted by Crippen LogP contribution is 2.37. The van der Waals surface area contributed by atoms with Gasteiger partial charge in [0.2, 0.25) is 0 Å². The zero-order chi connectivity index (χ0) is 18.7. The summed E-state index contributed by atoms with van der Waals surface area (Å²) in [4.78, 5) is 26.6. The maximum atomic E-state index is 12.7. The monoisotopic (exact) mass is 589 g/mol. The molecule has 4 nitrogen and oxygen atoms in total. The van der Waals surface area contributed by atoms with E-state index in [1.54, 1.807) is 36.4 Å². The highest BCUT2D eigenvalue weighted by atomic mass is 127. The van der Waals surface area contributed by atoms with Crippen molar-refractivity contribution in [3.8, 4) is 5.75 Å². The van der Waals surface area contributed by atoms with E-state index >= 15 is 0 Å². The van der Waals surface area contributed by atoms with Crippen LogP contribution in [0.3, 0.4) is 0 Å². The van der Waals surface area contributed by atoms with Gasteiger partial charge in [-0.3, -0.25) is 9.59 Å². The number of carbonyl (C=O) groups is 2. The van der Waals surface area contributed by atoms with Gasteiger partial charge in [-0.05, 0) is 92.8 Å². The lowest BCUT2D eigenvalue weighted by Gasteiger charge is -2.12. The molecule has 1 aliphatic rings. The predicted molar refractivity (Wildman–Crippen MR) is 122 cm³/mol. The van der Waals surface area contributed by atoms with Crippen LogP contribution >= 0.6 is 56.9 Å². The smallest absolute Gasteiger partial charge is 0.298 e. The molecule has 26 heavy (non-hydrogen) atoms. The fraction of sp³-hybridized carbons (Fsp3) is 0.0526. The van der Waals surface area contributed by atoms with Gasteiger partial charge in [0.1, 0.15) is 12.4 Å². The first kappa shape index (κ1) is 19.4. The van der Waals surface area contributed by atoms with Gasteiger partial charge in [-0.2, -0.15) is 0 Å². The second kappa shape index (κ2) is 8.57. The van der Waals surface area contributed by atoms with Gasteiger partial charge >= 0.3 is 0 Å². The average molecular weight is 589 g/mol. The molecule has 2 amide bonds. The Morgan fingerprint density at radius 1 is 1.12 bits per heavy atom. The van der Waals surface area contributed by atoms with Crippen LogP contribution in [0.2, 0.25) is 0 Å². The van der Waals surface area contributed by atoms with Crippen LogP contribution < -0.4 is 9.64 Å². The standard InChI is InChI=1S/C19H13I2NO3S/c1-2-8-25-17-14(20)9-12(10-15(17)21)11-16-18(23)22(19(24)26-16)13-6-4-3-5-7-13/h2-7,9-11H,1,8H2/b16-11-. The summed E-state index contributed by atoms with van der Waals surface area (Å²) < 4.78 is 7.54. The van der Waals surface area contributed by atoms with Crippen molar-refractivity contribution >= 4 is 79.9 Å². The maximum absolute atomic E-state index is 12.7. The number of para-hydroxylation sites is 1. The molecule has 1 saturated heterocycles. The summed E-state index contributed by atoms with van der Waals surface area (Å²) in [6.07, 6.45) is 3.44. The number of thioether (sulfide) groups is 1. The lowest BCUT2D eigenvalue weighted by molar-refractivity contribution is -0.113. The zero-order valence-corrected chi connectivity index (χ0v) is 18.6. The van der Waals surface area contributed by atoms with E-state index in [0.29, 0.717) is 17.2 Å². The number of hydrogen-bond acceptors (Lipinski definition) is 4. The number of carbonyl (C=O) groups excluding carboxylic acids is 2. The van der Waals surface area contributed by atoms with E-state index in [0.717, 1.165) is 30.2 Å². The van der Waals surface area contributed by atoms with Crippen LogP contribution in [0.5, 0.6) is 5.75 Å². The van der Waals surface area contributed by atoms with Crippen molar-refractivity contribution in [1.82, 2.24) is 0 Å². The summed E-state index contributed by atoms with van der Waals surface area (Å²) in [5.41, 5.74) is 1.43. The van der Waals surface area contributed by atoms with E-state index in [9.17, 15) is 9.59 Å². The number of ether oxygens (including phenoxy) is 1. The summed E-state index contributed by atoms with van der Waals surface area (Å²) in [5, 5.41) is -0.289. The third kappa shape index (κ3) is 4.15. The van der Waals surface area contributed by atoms with Gasteiger partial charge in [0.05, 0.1) is 17.7 Å². The normalized spacial score (nSPS) is 15.6. The molecule has 0 saturated carbocycles. The van der Waals surface area contributed by atoms with Gasteiger partial charge in [0.15, 0.2) is 0 Å². The number of hydrogen-bond donors (Lipinski definition) is 0. The minimum Gasteiger partial charge on any atom is -0.487 e. The summed E-state index contributed by atoms with van der Waals surface area (Å²) in [5.74, 6) is 0.490. The van der Waals surface area contributed by atoms with E-state index in [4.69, 9.17) is 4.74 Å². The molecule has 1 heterocycles. The van der Waals surface area contributed by atoms with Crippen molar-refractivity contribution in [1.29, 1.82) is 0 Å². The predicted octanol–water partition coefficient (Wildman–Crippen LogP) is 5.70. The van der Waals surface area contributed by atoms with E-state index in [-0.39, 0.29) is 11.1 Å². The van der Waals surface area contributed by atoms with Crippen molar-refractivity contribution in [3.05, 3.63) is 72.7 Å². The van der Waals surface area contributed by atoms with Crippen LogP contribution in [-0.4, -0.2) is 17.8 Å². The molecule has 0 bridgehead atoms. The lowest BCUT2D eigenvalue weighted by atomic mass is 10.2. The molecule has 2 aromatic carbocycles. The first-order chi connectivity index (χ1) is 12.5. The fourth-order valence-corrected chi connectivity index (χ4v) is 5.33. The van der Waals surface area contributed by atoms with Crippen LogP contribution in [0.25, 0.3) is 6.08 Å². The summed E-state index contributed by atoms with van der Waals surface area (Å²) in [6, 6.07) is 12.8. The molecular formula is C19H13I2NO3S. The molecule has 0 radical (unpaired) electrons. The first-order valence-electron chi connectivity index (χ1n) is 7.57. The molecule has 1 fully saturated rings. The third-order valence-corrected chi connectivity index (χ3v) is 5.94. The molecule has 0 atom stereocenters. The number of halogens is 2. The fourth-order valence-electron chi connectivity index (χ4n) is 2.36.